The van der Waals surface area contributed by atoms with Crippen LogP contribution in [0.25, 0.3) is 0 Å². The Kier molecular flexibility index (Phi) is 0.803. The Balaban J connectivity index is 2.07. The van der Waals surface area contributed by atoms with Crippen LogP contribution in [0.3, 0.4) is 0 Å². The number of hydrogen-bond donors (Lipinski definition) is 0. The Labute approximate surface area is 69.8 Å². The molecule has 0 aromatic carbocycles. The monoisotopic (exact) mass is 170 g/mol. The van der Waals surface area contributed by atoms with Gasteiger partial charge < -0.3 is 0 Å². The second-order valence-electron chi connectivity index (χ2n) is 3.76. The SMILES string of the molecule is CC12C=CC3SC3(C)C1S2. The lowest BCUT2D eigenvalue weighted by atomic mass is 9.89. The predicted octanol–water partition coefficient (Wildman–Crippen LogP) is 2.30. The van der Waals surface area contributed by atoms with Crippen molar-refractivity contribution < 1.29 is 0 Å². The summed E-state index contributed by atoms with van der Waals surface area (Å²) in [6.45, 7) is 4.77. The maximum Gasteiger partial charge on any atom is 0.0447 e. The Morgan fingerprint density at radius 1 is 1.30 bits per heavy atom. The topological polar surface area (TPSA) is 0 Å². The zero-order chi connectivity index (χ0) is 6.98. The van der Waals surface area contributed by atoms with Crippen LogP contribution in [0.2, 0.25) is 0 Å². The fourth-order valence-corrected chi connectivity index (χ4v) is 4.98. The van der Waals surface area contributed by atoms with Crippen molar-refractivity contribution in [1.82, 2.24) is 0 Å². The molecular formula is C8H10S2. The molecule has 4 unspecified atom stereocenters. The first-order valence-electron chi connectivity index (χ1n) is 3.70. The van der Waals surface area contributed by atoms with Gasteiger partial charge in [-0.3, -0.25) is 0 Å². The molecule has 2 fully saturated rings. The molecule has 2 heterocycles. The number of rotatable bonds is 0. The van der Waals surface area contributed by atoms with E-state index in [1.807, 2.05) is 0 Å². The molecule has 0 radical (unpaired) electrons. The minimum absolute atomic E-state index is 0.536. The van der Waals surface area contributed by atoms with Crippen LogP contribution >= 0.6 is 23.5 Å². The maximum absolute atomic E-state index is 2.41. The zero-order valence-corrected chi connectivity index (χ0v) is 7.76. The van der Waals surface area contributed by atoms with Crippen molar-refractivity contribution in [2.24, 2.45) is 0 Å². The molecule has 0 spiro atoms. The van der Waals surface area contributed by atoms with E-state index in [9.17, 15) is 0 Å². The van der Waals surface area contributed by atoms with Gasteiger partial charge in [-0.05, 0) is 13.8 Å². The normalized spacial score (nSPS) is 68.6. The second kappa shape index (κ2) is 1.34. The third-order valence-corrected chi connectivity index (χ3v) is 6.48. The number of fused-ring (bicyclic) bond motifs is 3. The molecule has 0 amide bonds. The first-order valence-corrected chi connectivity index (χ1v) is 5.46. The zero-order valence-electron chi connectivity index (χ0n) is 6.13. The molecule has 2 saturated heterocycles. The van der Waals surface area contributed by atoms with Crippen molar-refractivity contribution >= 4 is 23.5 Å². The molecule has 3 aliphatic rings. The maximum atomic E-state index is 2.41. The predicted molar refractivity (Wildman–Crippen MR) is 48.7 cm³/mol. The van der Waals surface area contributed by atoms with Crippen LogP contribution in [-0.2, 0) is 0 Å². The summed E-state index contributed by atoms with van der Waals surface area (Å²) in [5.74, 6) is 0. The summed E-state index contributed by atoms with van der Waals surface area (Å²) in [6, 6.07) is 0. The van der Waals surface area contributed by atoms with Crippen LogP contribution in [-0.4, -0.2) is 20.0 Å². The summed E-state index contributed by atoms with van der Waals surface area (Å²) in [6.07, 6.45) is 4.82. The van der Waals surface area contributed by atoms with E-state index < -0.39 is 0 Å². The van der Waals surface area contributed by atoms with Crippen molar-refractivity contribution in [2.45, 2.75) is 33.8 Å². The van der Waals surface area contributed by atoms with Gasteiger partial charge in [-0.15, -0.1) is 23.5 Å². The molecule has 0 nitrogen and oxygen atoms in total. The van der Waals surface area contributed by atoms with Gasteiger partial charge in [0.05, 0.1) is 0 Å². The summed E-state index contributed by atoms with van der Waals surface area (Å²) >= 11 is 4.28. The highest BCUT2D eigenvalue weighted by Crippen LogP contribution is 2.74. The molecular weight excluding hydrogens is 160 g/mol. The molecule has 2 heteroatoms. The van der Waals surface area contributed by atoms with E-state index in [2.05, 4.69) is 49.5 Å². The van der Waals surface area contributed by atoms with Gasteiger partial charge in [-0.1, -0.05) is 12.2 Å². The van der Waals surface area contributed by atoms with Crippen molar-refractivity contribution in [1.29, 1.82) is 0 Å². The highest BCUT2D eigenvalue weighted by molar-refractivity contribution is 8.14. The molecule has 0 aromatic rings. The van der Waals surface area contributed by atoms with Crippen LogP contribution in [0.5, 0.6) is 0 Å². The van der Waals surface area contributed by atoms with E-state index in [1.165, 1.54) is 0 Å². The summed E-state index contributed by atoms with van der Waals surface area (Å²) < 4.78 is 1.17. The summed E-state index contributed by atoms with van der Waals surface area (Å²) in [5, 5.41) is 1.79. The lowest BCUT2D eigenvalue weighted by molar-refractivity contribution is 0.662. The van der Waals surface area contributed by atoms with Gasteiger partial charge in [0.15, 0.2) is 0 Å². The van der Waals surface area contributed by atoms with Crippen LogP contribution < -0.4 is 0 Å². The lowest BCUT2D eigenvalue weighted by Gasteiger charge is -2.12. The Bertz CT molecular complexity index is 235. The molecule has 0 aromatic heterocycles. The Morgan fingerprint density at radius 2 is 2.10 bits per heavy atom. The molecule has 3 rings (SSSR count). The van der Waals surface area contributed by atoms with Gasteiger partial charge in [0.1, 0.15) is 0 Å². The molecule has 2 aliphatic heterocycles. The molecule has 0 N–H and O–H groups in total. The fraction of sp³-hybridized carbons (Fsp3) is 0.750. The third-order valence-electron chi connectivity index (χ3n) is 2.85. The average Bonchev–Trinajstić information content (AvgIpc) is 2.65. The van der Waals surface area contributed by atoms with Crippen LogP contribution in [0.1, 0.15) is 13.8 Å². The molecule has 10 heavy (non-hydrogen) atoms. The Hall–Kier alpha value is 0.440. The van der Waals surface area contributed by atoms with Crippen molar-refractivity contribution in [3.63, 3.8) is 0 Å². The highest BCUT2D eigenvalue weighted by Gasteiger charge is 2.71. The summed E-state index contributed by atoms with van der Waals surface area (Å²) in [7, 11) is 0. The summed E-state index contributed by atoms with van der Waals surface area (Å²) in [4.78, 5) is 0. The minimum Gasteiger partial charge on any atom is -0.144 e. The van der Waals surface area contributed by atoms with Crippen molar-refractivity contribution in [3.8, 4) is 0 Å². The first-order chi connectivity index (χ1) is 4.65. The van der Waals surface area contributed by atoms with E-state index in [1.54, 1.807) is 0 Å². The molecule has 1 aliphatic carbocycles. The van der Waals surface area contributed by atoms with Crippen LogP contribution in [0.4, 0.5) is 0 Å². The molecule has 54 valence electrons. The average molecular weight is 170 g/mol. The van der Waals surface area contributed by atoms with Gasteiger partial charge >= 0.3 is 0 Å². The van der Waals surface area contributed by atoms with Gasteiger partial charge in [0, 0.05) is 20.0 Å². The van der Waals surface area contributed by atoms with Crippen LogP contribution in [0.15, 0.2) is 12.2 Å². The van der Waals surface area contributed by atoms with Gasteiger partial charge in [0.2, 0.25) is 0 Å². The van der Waals surface area contributed by atoms with E-state index in [0.717, 1.165) is 10.5 Å². The van der Waals surface area contributed by atoms with Crippen LogP contribution in [0, 0.1) is 0 Å². The third kappa shape index (κ3) is 0.504. The number of thioether (sulfide) groups is 2. The first kappa shape index (κ1) is 6.01. The molecule has 0 bridgehead atoms. The van der Waals surface area contributed by atoms with Crippen molar-refractivity contribution in [2.75, 3.05) is 0 Å². The van der Waals surface area contributed by atoms with Gasteiger partial charge in [-0.2, -0.15) is 0 Å². The van der Waals surface area contributed by atoms with Crippen molar-refractivity contribution in [3.05, 3.63) is 12.2 Å². The molecule has 4 atom stereocenters. The van der Waals surface area contributed by atoms with E-state index in [0.29, 0.717) is 9.49 Å². The smallest absolute Gasteiger partial charge is 0.0447 e. The van der Waals surface area contributed by atoms with Gasteiger partial charge in [-0.25, -0.2) is 0 Å². The lowest BCUT2D eigenvalue weighted by Crippen LogP contribution is -2.25. The van der Waals surface area contributed by atoms with E-state index in [4.69, 9.17) is 0 Å². The minimum atomic E-state index is 0.536. The Morgan fingerprint density at radius 3 is 2.80 bits per heavy atom. The quantitative estimate of drug-likeness (QED) is 0.404. The van der Waals surface area contributed by atoms with E-state index in [-0.39, 0.29) is 0 Å². The largest absolute Gasteiger partial charge is 0.144 e. The number of hydrogen-bond acceptors (Lipinski definition) is 2. The second-order valence-corrected chi connectivity index (χ2v) is 6.97. The summed E-state index contributed by atoms with van der Waals surface area (Å²) in [5.41, 5.74) is 0. The standard InChI is InChI=1S/C8H10S2/c1-7-4-3-5-8(2,9-5)6(7)10-7/h3-6H,1-2H3. The highest BCUT2D eigenvalue weighted by atomic mass is 32.2. The van der Waals surface area contributed by atoms with E-state index >= 15 is 0 Å². The van der Waals surface area contributed by atoms with Gasteiger partial charge in [0.25, 0.3) is 0 Å². The molecule has 0 saturated carbocycles. The fourth-order valence-electron chi connectivity index (χ4n) is 1.99.